The van der Waals surface area contributed by atoms with Crippen LogP contribution in [0.4, 0.5) is 5.69 Å². The molecule has 0 radical (unpaired) electrons. The quantitative estimate of drug-likeness (QED) is 0.243. The number of rotatable bonds is 13. The molecule has 2 aliphatic heterocycles. The van der Waals surface area contributed by atoms with Crippen LogP contribution in [-0.2, 0) is 27.3 Å². The number of hydrogen-bond acceptors (Lipinski definition) is 7. The SMILES string of the molecule is O=CCCCCCCCCc1ccnc(CNc2cccc3c2C(=O)N(C2CCC(=O)NC2=O)C3=O)c1. The van der Waals surface area contributed by atoms with Gasteiger partial charge in [-0.25, -0.2) is 0 Å². The Hall–Kier alpha value is -3.88. The van der Waals surface area contributed by atoms with Crippen molar-refractivity contribution in [1.82, 2.24) is 15.2 Å². The summed E-state index contributed by atoms with van der Waals surface area (Å²) in [7, 11) is 0. The topological polar surface area (TPSA) is 126 Å². The fourth-order valence-electron chi connectivity index (χ4n) is 4.89. The van der Waals surface area contributed by atoms with Crippen LogP contribution >= 0.6 is 0 Å². The van der Waals surface area contributed by atoms with Crippen molar-refractivity contribution < 1.29 is 24.0 Å². The van der Waals surface area contributed by atoms with E-state index in [1.165, 1.54) is 12.0 Å². The maximum atomic E-state index is 13.2. The van der Waals surface area contributed by atoms with Crippen LogP contribution < -0.4 is 10.6 Å². The summed E-state index contributed by atoms with van der Waals surface area (Å²) in [5, 5.41) is 5.45. The molecule has 0 spiro atoms. The second-order valence-electron chi connectivity index (χ2n) is 9.51. The Morgan fingerprint density at radius 1 is 1.00 bits per heavy atom. The van der Waals surface area contributed by atoms with Gasteiger partial charge in [-0.15, -0.1) is 0 Å². The molecule has 2 N–H and O–H groups in total. The number of fused-ring (bicyclic) bond motifs is 1. The molecule has 9 heteroatoms. The van der Waals surface area contributed by atoms with Crippen LogP contribution in [0.3, 0.4) is 0 Å². The molecule has 1 saturated heterocycles. The van der Waals surface area contributed by atoms with Crippen molar-refractivity contribution in [1.29, 1.82) is 0 Å². The molecule has 0 aliphatic carbocycles. The molecule has 2 aromatic rings. The second kappa shape index (κ2) is 12.4. The smallest absolute Gasteiger partial charge is 0.264 e. The summed E-state index contributed by atoms with van der Waals surface area (Å²) in [5.41, 5.74) is 3.01. The third-order valence-electron chi connectivity index (χ3n) is 6.85. The minimum Gasteiger partial charge on any atom is -0.379 e. The largest absolute Gasteiger partial charge is 0.379 e. The Morgan fingerprint density at radius 2 is 1.78 bits per heavy atom. The van der Waals surface area contributed by atoms with Crippen molar-refractivity contribution in [3.63, 3.8) is 0 Å². The molecule has 1 fully saturated rings. The number of aromatic nitrogens is 1. The standard InChI is InChI=1S/C28H32N4O5/c33-16-7-5-3-1-2-4-6-9-19-14-15-29-20(17-19)18-30-22-11-8-10-21-25(22)28(37)32(27(21)36)23-12-13-24(34)31-26(23)35/h8,10-11,14-17,23,30H,1-7,9,12-13,18H2,(H,31,34,35). The van der Waals surface area contributed by atoms with Crippen LogP contribution in [0.2, 0.25) is 0 Å². The first-order chi connectivity index (χ1) is 18.0. The van der Waals surface area contributed by atoms with E-state index >= 15 is 0 Å². The number of aryl methyl sites for hydroxylation is 1. The maximum absolute atomic E-state index is 13.2. The summed E-state index contributed by atoms with van der Waals surface area (Å²) in [6, 6.07) is 8.07. The fraction of sp³-hybridized carbons (Fsp3) is 0.429. The number of nitrogens with zero attached hydrogens (tertiary/aromatic N) is 2. The molecule has 1 aromatic heterocycles. The molecule has 37 heavy (non-hydrogen) atoms. The normalized spacial score (nSPS) is 17.1. The Morgan fingerprint density at radius 3 is 2.57 bits per heavy atom. The van der Waals surface area contributed by atoms with E-state index in [2.05, 4.69) is 15.6 Å². The summed E-state index contributed by atoms with van der Waals surface area (Å²) in [6.45, 7) is 0.376. The van der Waals surface area contributed by atoms with Crippen LogP contribution in [0, 0.1) is 0 Å². The number of nitrogens with one attached hydrogen (secondary N) is 2. The van der Waals surface area contributed by atoms with Crippen LogP contribution in [0.15, 0.2) is 36.5 Å². The molecule has 0 bridgehead atoms. The zero-order valence-corrected chi connectivity index (χ0v) is 20.8. The zero-order valence-electron chi connectivity index (χ0n) is 20.8. The van der Waals surface area contributed by atoms with Gasteiger partial charge < -0.3 is 10.1 Å². The fourth-order valence-corrected chi connectivity index (χ4v) is 4.89. The number of imide groups is 2. The Labute approximate surface area is 216 Å². The summed E-state index contributed by atoms with van der Waals surface area (Å²) < 4.78 is 0. The highest BCUT2D eigenvalue weighted by molar-refractivity contribution is 6.25. The number of amides is 4. The van der Waals surface area contributed by atoms with E-state index in [0.717, 1.165) is 55.4 Å². The molecule has 0 saturated carbocycles. The Balaban J connectivity index is 1.34. The van der Waals surface area contributed by atoms with Crippen LogP contribution in [0.5, 0.6) is 0 Å². The number of benzene rings is 1. The predicted octanol–water partition coefficient (Wildman–Crippen LogP) is 3.57. The van der Waals surface area contributed by atoms with E-state index in [0.29, 0.717) is 18.7 Å². The molecule has 1 atom stereocenters. The van der Waals surface area contributed by atoms with E-state index in [-0.39, 0.29) is 24.0 Å². The molecular formula is C28H32N4O5. The van der Waals surface area contributed by atoms with Crippen molar-refractivity contribution in [2.24, 2.45) is 0 Å². The number of carbonyl (C=O) groups is 5. The van der Waals surface area contributed by atoms with E-state index < -0.39 is 29.7 Å². The van der Waals surface area contributed by atoms with Gasteiger partial charge in [0, 0.05) is 24.7 Å². The molecular weight excluding hydrogens is 472 g/mol. The summed E-state index contributed by atoms with van der Waals surface area (Å²) >= 11 is 0. The summed E-state index contributed by atoms with van der Waals surface area (Å²) in [5.74, 6) is -2.09. The van der Waals surface area contributed by atoms with E-state index in [1.54, 1.807) is 24.4 Å². The van der Waals surface area contributed by atoms with Gasteiger partial charge in [0.05, 0.1) is 23.4 Å². The number of pyridine rings is 1. The lowest BCUT2D eigenvalue weighted by Crippen LogP contribution is -2.54. The second-order valence-corrected chi connectivity index (χ2v) is 9.51. The lowest BCUT2D eigenvalue weighted by atomic mass is 10.0. The van der Waals surface area contributed by atoms with Gasteiger partial charge in [-0.1, -0.05) is 31.7 Å². The lowest BCUT2D eigenvalue weighted by molar-refractivity contribution is -0.136. The van der Waals surface area contributed by atoms with Crippen LogP contribution in [0.25, 0.3) is 0 Å². The molecule has 4 rings (SSSR count). The highest BCUT2D eigenvalue weighted by Gasteiger charge is 2.45. The average Bonchev–Trinajstić information content (AvgIpc) is 3.15. The molecule has 9 nitrogen and oxygen atoms in total. The minimum atomic E-state index is -0.993. The first-order valence-corrected chi connectivity index (χ1v) is 13.0. The van der Waals surface area contributed by atoms with Gasteiger partial charge in [0.2, 0.25) is 11.8 Å². The maximum Gasteiger partial charge on any atom is 0.264 e. The monoisotopic (exact) mass is 504 g/mol. The van der Waals surface area contributed by atoms with Gasteiger partial charge >= 0.3 is 0 Å². The Kier molecular flexibility index (Phi) is 8.77. The number of carbonyl (C=O) groups excluding carboxylic acids is 5. The van der Waals surface area contributed by atoms with Crippen molar-refractivity contribution in [2.75, 3.05) is 5.32 Å². The highest BCUT2D eigenvalue weighted by Crippen LogP contribution is 2.32. The number of unbranched alkanes of at least 4 members (excludes halogenated alkanes) is 6. The molecule has 2 aliphatic rings. The average molecular weight is 505 g/mol. The highest BCUT2D eigenvalue weighted by atomic mass is 16.2. The molecule has 1 unspecified atom stereocenters. The lowest BCUT2D eigenvalue weighted by Gasteiger charge is -2.27. The molecule has 4 amide bonds. The molecule has 1 aromatic carbocycles. The number of piperidine rings is 1. The van der Waals surface area contributed by atoms with Crippen molar-refractivity contribution in [2.45, 2.75) is 76.8 Å². The van der Waals surface area contributed by atoms with Gasteiger partial charge in [0.25, 0.3) is 11.8 Å². The zero-order chi connectivity index (χ0) is 26.2. The van der Waals surface area contributed by atoms with Crippen LogP contribution in [-0.4, -0.2) is 45.8 Å². The van der Waals surface area contributed by atoms with Gasteiger partial charge in [0.15, 0.2) is 0 Å². The molecule has 194 valence electrons. The van der Waals surface area contributed by atoms with E-state index in [4.69, 9.17) is 0 Å². The van der Waals surface area contributed by atoms with Crippen molar-refractivity contribution in [3.05, 3.63) is 58.9 Å². The Bertz CT molecular complexity index is 1190. The van der Waals surface area contributed by atoms with E-state index in [9.17, 15) is 24.0 Å². The number of aldehydes is 1. The van der Waals surface area contributed by atoms with Crippen molar-refractivity contribution in [3.8, 4) is 0 Å². The minimum absolute atomic E-state index is 0.0817. The van der Waals surface area contributed by atoms with Gasteiger partial charge in [-0.3, -0.25) is 34.4 Å². The number of anilines is 1. The van der Waals surface area contributed by atoms with Crippen LogP contribution in [0.1, 0.15) is 89.8 Å². The van der Waals surface area contributed by atoms with Gasteiger partial charge in [-0.05, 0) is 55.5 Å². The summed E-state index contributed by atoms with van der Waals surface area (Å²) in [6.07, 6.45) is 11.2. The number of hydrogen-bond donors (Lipinski definition) is 2. The third kappa shape index (κ3) is 6.28. The van der Waals surface area contributed by atoms with Gasteiger partial charge in [-0.2, -0.15) is 0 Å². The predicted molar refractivity (Wildman–Crippen MR) is 137 cm³/mol. The molecule has 3 heterocycles. The summed E-state index contributed by atoms with van der Waals surface area (Å²) in [4.78, 5) is 65.8. The first kappa shape index (κ1) is 26.2. The van der Waals surface area contributed by atoms with E-state index in [1.807, 2.05) is 12.1 Å². The third-order valence-corrected chi connectivity index (χ3v) is 6.85. The van der Waals surface area contributed by atoms with Gasteiger partial charge in [0.1, 0.15) is 12.3 Å². The van der Waals surface area contributed by atoms with Crippen molar-refractivity contribution >= 4 is 35.6 Å². The first-order valence-electron chi connectivity index (χ1n) is 13.0.